The molecule has 1 nitrogen and oxygen atoms in total. The van der Waals surface area contributed by atoms with Crippen LogP contribution in [0.15, 0.2) is 22.7 Å². The lowest BCUT2D eigenvalue weighted by Crippen LogP contribution is -2.10. The van der Waals surface area contributed by atoms with Crippen LogP contribution < -0.4 is 4.74 Å². The Bertz CT molecular complexity index is 301. The van der Waals surface area contributed by atoms with Gasteiger partial charge in [-0.1, -0.05) is 13.3 Å². The second-order valence-corrected chi connectivity index (χ2v) is 4.15. The molecule has 0 heterocycles. The molecule has 1 aromatic rings. The van der Waals surface area contributed by atoms with Crippen LogP contribution in [0.5, 0.6) is 5.75 Å². The minimum absolute atomic E-state index is 0.139. The molecule has 1 unspecified atom stereocenters. The molecule has 1 aromatic carbocycles. The Morgan fingerprint density at radius 1 is 1.50 bits per heavy atom. The molecule has 0 aliphatic carbocycles. The van der Waals surface area contributed by atoms with E-state index in [4.69, 9.17) is 4.74 Å². The minimum Gasteiger partial charge on any atom is -0.491 e. The maximum Gasteiger partial charge on any atom is 0.141 e. The number of hydrogen-bond donors (Lipinski definition) is 0. The monoisotopic (exact) mass is 260 g/mol. The SMILES string of the molecule is CCCC(C)Oc1ccc(Br)c(F)c1. The molecule has 0 saturated heterocycles. The summed E-state index contributed by atoms with van der Waals surface area (Å²) in [6.07, 6.45) is 2.19. The van der Waals surface area contributed by atoms with Gasteiger partial charge in [0, 0.05) is 6.07 Å². The second-order valence-electron chi connectivity index (χ2n) is 3.29. The topological polar surface area (TPSA) is 9.23 Å². The lowest BCUT2D eigenvalue weighted by atomic mass is 10.2. The number of rotatable bonds is 4. The fourth-order valence-corrected chi connectivity index (χ4v) is 1.49. The standard InChI is InChI=1S/C11H14BrFO/c1-3-4-8(2)14-9-5-6-10(12)11(13)7-9/h5-8H,3-4H2,1-2H3. The first-order valence-electron chi connectivity index (χ1n) is 4.75. The second kappa shape index (κ2) is 5.35. The molecular weight excluding hydrogens is 247 g/mol. The highest BCUT2D eigenvalue weighted by Crippen LogP contribution is 2.22. The van der Waals surface area contributed by atoms with E-state index in [-0.39, 0.29) is 11.9 Å². The zero-order valence-electron chi connectivity index (χ0n) is 8.39. The van der Waals surface area contributed by atoms with Crippen molar-refractivity contribution in [2.75, 3.05) is 0 Å². The van der Waals surface area contributed by atoms with Crippen molar-refractivity contribution in [2.24, 2.45) is 0 Å². The van der Waals surface area contributed by atoms with Gasteiger partial charge >= 0.3 is 0 Å². The van der Waals surface area contributed by atoms with Crippen molar-refractivity contribution in [3.05, 3.63) is 28.5 Å². The summed E-state index contributed by atoms with van der Waals surface area (Å²) >= 11 is 3.10. The molecule has 0 aliphatic rings. The van der Waals surface area contributed by atoms with E-state index in [0.29, 0.717) is 10.2 Å². The summed E-state index contributed by atoms with van der Waals surface area (Å²) in [7, 11) is 0. The summed E-state index contributed by atoms with van der Waals surface area (Å²) in [6, 6.07) is 4.82. The third-order valence-corrected chi connectivity index (χ3v) is 2.57. The third kappa shape index (κ3) is 3.29. The maximum atomic E-state index is 13.1. The van der Waals surface area contributed by atoms with E-state index in [1.807, 2.05) is 6.92 Å². The predicted octanol–water partition coefficient (Wildman–Crippen LogP) is 4.16. The van der Waals surface area contributed by atoms with Crippen molar-refractivity contribution in [3.63, 3.8) is 0 Å². The van der Waals surface area contributed by atoms with Gasteiger partial charge in [0.2, 0.25) is 0 Å². The van der Waals surface area contributed by atoms with Crippen LogP contribution in [0, 0.1) is 5.82 Å². The summed E-state index contributed by atoms with van der Waals surface area (Å²) in [5.41, 5.74) is 0. The zero-order valence-corrected chi connectivity index (χ0v) is 9.97. The fraction of sp³-hybridized carbons (Fsp3) is 0.455. The molecule has 1 atom stereocenters. The van der Waals surface area contributed by atoms with E-state index in [1.165, 1.54) is 6.07 Å². The highest BCUT2D eigenvalue weighted by atomic mass is 79.9. The lowest BCUT2D eigenvalue weighted by molar-refractivity contribution is 0.209. The number of hydrogen-bond acceptors (Lipinski definition) is 1. The highest BCUT2D eigenvalue weighted by molar-refractivity contribution is 9.10. The van der Waals surface area contributed by atoms with Crippen LogP contribution in [0.4, 0.5) is 4.39 Å². The van der Waals surface area contributed by atoms with E-state index < -0.39 is 0 Å². The Hall–Kier alpha value is -0.570. The number of benzene rings is 1. The van der Waals surface area contributed by atoms with Crippen molar-refractivity contribution < 1.29 is 9.13 Å². The van der Waals surface area contributed by atoms with Gasteiger partial charge < -0.3 is 4.74 Å². The van der Waals surface area contributed by atoms with Crippen molar-refractivity contribution in [3.8, 4) is 5.75 Å². The van der Waals surface area contributed by atoms with E-state index in [1.54, 1.807) is 12.1 Å². The van der Waals surface area contributed by atoms with Gasteiger partial charge in [0.1, 0.15) is 11.6 Å². The van der Waals surface area contributed by atoms with Gasteiger partial charge in [0.15, 0.2) is 0 Å². The van der Waals surface area contributed by atoms with E-state index in [2.05, 4.69) is 22.9 Å². The molecule has 0 N–H and O–H groups in total. The van der Waals surface area contributed by atoms with Crippen molar-refractivity contribution in [1.29, 1.82) is 0 Å². The molecular formula is C11H14BrFO. The molecule has 0 aromatic heterocycles. The number of halogens is 2. The first-order valence-corrected chi connectivity index (χ1v) is 5.54. The van der Waals surface area contributed by atoms with Gasteiger partial charge in [-0.2, -0.15) is 0 Å². The zero-order chi connectivity index (χ0) is 10.6. The minimum atomic E-state index is -0.286. The van der Waals surface area contributed by atoms with Gasteiger partial charge in [0.05, 0.1) is 10.6 Å². The fourth-order valence-electron chi connectivity index (χ4n) is 1.25. The Morgan fingerprint density at radius 3 is 2.79 bits per heavy atom. The molecule has 1 rings (SSSR count). The van der Waals surface area contributed by atoms with Crippen LogP contribution in [-0.2, 0) is 0 Å². The van der Waals surface area contributed by atoms with Gasteiger partial charge in [-0.3, -0.25) is 0 Å². The summed E-state index contributed by atoms with van der Waals surface area (Å²) in [5.74, 6) is 0.304. The van der Waals surface area contributed by atoms with Crippen molar-refractivity contribution in [1.82, 2.24) is 0 Å². The lowest BCUT2D eigenvalue weighted by Gasteiger charge is -2.13. The quantitative estimate of drug-likeness (QED) is 0.790. The molecule has 0 amide bonds. The summed E-state index contributed by atoms with van der Waals surface area (Å²) in [6.45, 7) is 4.09. The van der Waals surface area contributed by atoms with Gasteiger partial charge in [-0.05, 0) is 41.4 Å². The molecule has 78 valence electrons. The molecule has 0 radical (unpaired) electrons. The van der Waals surface area contributed by atoms with Gasteiger partial charge in [0.25, 0.3) is 0 Å². The first-order chi connectivity index (χ1) is 6.63. The predicted molar refractivity (Wildman–Crippen MR) is 59.1 cm³/mol. The Balaban J connectivity index is 2.63. The highest BCUT2D eigenvalue weighted by Gasteiger charge is 2.05. The van der Waals surface area contributed by atoms with E-state index in [0.717, 1.165) is 12.8 Å². The van der Waals surface area contributed by atoms with Crippen molar-refractivity contribution in [2.45, 2.75) is 32.8 Å². The molecule has 0 aliphatic heterocycles. The number of ether oxygens (including phenoxy) is 1. The molecule has 0 fully saturated rings. The van der Waals surface area contributed by atoms with Gasteiger partial charge in [-0.25, -0.2) is 4.39 Å². The molecule has 14 heavy (non-hydrogen) atoms. The summed E-state index contributed by atoms with van der Waals surface area (Å²) in [4.78, 5) is 0. The third-order valence-electron chi connectivity index (χ3n) is 1.92. The largest absolute Gasteiger partial charge is 0.491 e. The van der Waals surface area contributed by atoms with Crippen LogP contribution in [0.1, 0.15) is 26.7 Å². The average Bonchev–Trinajstić information content (AvgIpc) is 2.12. The van der Waals surface area contributed by atoms with Crippen molar-refractivity contribution >= 4 is 15.9 Å². The molecule has 0 saturated carbocycles. The summed E-state index contributed by atoms with van der Waals surface area (Å²) < 4.78 is 19.1. The normalized spacial score (nSPS) is 12.6. The summed E-state index contributed by atoms with van der Waals surface area (Å²) in [5, 5.41) is 0. The first kappa shape index (κ1) is 11.5. The molecule has 0 bridgehead atoms. The van der Waals surface area contributed by atoms with E-state index in [9.17, 15) is 4.39 Å². The Labute approximate surface area is 92.4 Å². The Morgan fingerprint density at radius 2 is 2.21 bits per heavy atom. The van der Waals surface area contributed by atoms with Crippen LogP contribution in [-0.4, -0.2) is 6.10 Å². The molecule has 0 spiro atoms. The van der Waals surface area contributed by atoms with E-state index >= 15 is 0 Å². The maximum absolute atomic E-state index is 13.1. The van der Waals surface area contributed by atoms with Gasteiger partial charge in [-0.15, -0.1) is 0 Å². The van der Waals surface area contributed by atoms with Crippen LogP contribution in [0.2, 0.25) is 0 Å². The Kier molecular flexibility index (Phi) is 4.39. The van der Waals surface area contributed by atoms with Crippen LogP contribution in [0.3, 0.4) is 0 Å². The molecule has 3 heteroatoms. The van der Waals surface area contributed by atoms with Crippen LogP contribution in [0.25, 0.3) is 0 Å². The average molecular weight is 261 g/mol. The van der Waals surface area contributed by atoms with Crippen LogP contribution >= 0.6 is 15.9 Å². The smallest absolute Gasteiger partial charge is 0.141 e.